The van der Waals surface area contributed by atoms with Crippen molar-refractivity contribution in [3.05, 3.63) is 108 Å². The zero-order valence-corrected chi connectivity index (χ0v) is 23.0. The number of amides is 1. The van der Waals surface area contributed by atoms with Crippen molar-refractivity contribution < 1.29 is 31.9 Å². The van der Waals surface area contributed by atoms with Gasteiger partial charge in [-0.05, 0) is 65.6 Å². The number of rotatable bonds is 11. The molecule has 1 unspecified atom stereocenters. The first-order valence-corrected chi connectivity index (χ1v) is 14.5. The van der Waals surface area contributed by atoms with Crippen LogP contribution in [-0.4, -0.2) is 46.1 Å². The highest BCUT2D eigenvalue weighted by atomic mass is 32.2. The molecule has 12 heteroatoms. The quantitative estimate of drug-likeness (QED) is 0.235. The van der Waals surface area contributed by atoms with Crippen molar-refractivity contribution in [2.75, 3.05) is 11.6 Å². The summed E-state index contributed by atoms with van der Waals surface area (Å²) in [6.45, 7) is 1.77. The maximum atomic E-state index is 13.7. The first-order chi connectivity index (χ1) is 19.4. The van der Waals surface area contributed by atoms with Gasteiger partial charge in [-0.3, -0.25) is 4.79 Å². The van der Waals surface area contributed by atoms with Crippen molar-refractivity contribution in [1.29, 1.82) is 0 Å². The van der Waals surface area contributed by atoms with Gasteiger partial charge in [-0.1, -0.05) is 31.2 Å². The standard InChI is InChI=1S/C29H28F2N4O5S/c1-3-29(28(37)38,41(2,39)40)34-27(36)24-13-12-23(16-25(24)19-4-8-21(30)9-5-19)33-26(17-35-15-14-32-18-35)20-6-10-22(31)11-7-20/h4-16,18,26,33H,3,17H2,1-2H3,(H,34,36)(H,37,38)/t26?,29-/m0/s1. The molecule has 9 nitrogen and oxygen atoms in total. The number of anilines is 1. The van der Waals surface area contributed by atoms with Crippen LogP contribution in [0.1, 0.15) is 35.3 Å². The summed E-state index contributed by atoms with van der Waals surface area (Å²) in [6, 6.07) is 15.6. The van der Waals surface area contributed by atoms with Gasteiger partial charge in [0.1, 0.15) is 11.6 Å². The number of imidazole rings is 1. The first kappa shape index (κ1) is 29.4. The summed E-state index contributed by atoms with van der Waals surface area (Å²) in [6.07, 6.45) is 5.38. The van der Waals surface area contributed by atoms with E-state index in [9.17, 15) is 31.9 Å². The monoisotopic (exact) mass is 582 g/mol. The average molecular weight is 583 g/mol. The number of halogens is 2. The summed E-state index contributed by atoms with van der Waals surface area (Å²) >= 11 is 0. The molecule has 0 bridgehead atoms. The van der Waals surface area contributed by atoms with E-state index >= 15 is 0 Å². The van der Waals surface area contributed by atoms with E-state index in [1.807, 2.05) is 4.57 Å². The summed E-state index contributed by atoms with van der Waals surface area (Å²) in [5.74, 6) is -3.53. The van der Waals surface area contributed by atoms with E-state index < -0.39 is 38.8 Å². The molecule has 3 aromatic carbocycles. The highest BCUT2D eigenvalue weighted by Gasteiger charge is 2.48. The maximum absolute atomic E-state index is 13.7. The summed E-state index contributed by atoms with van der Waals surface area (Å²) in [5, 5.41) is 15.4. The van der Waals surface area contributed by atoms with Crippen molar-refractivity contribution in [2.45, 2.75) is 30.8 Å². The van der Waals surface area contributed by atoms with E-state index in [1.54, 1.807) is 43.0 Å². The van der Waals surface area contributed by atoms with E-state index in [-0.39, 0.29) is 17.4 Å². The van der Waals surface area contributed by atoms with Gasteiger partial charge in [0.25, 0.3) is 5.91 Å². The molecule has 1 aromatic heterocycles. The fourth-order valence-electron chi connectivity index (χ4n) is 4.49. The van der Waals surface area contributed by atoms with Crippen LogP contribution in [0.4, 0.5) is 14.5 Å². The van der Waals surface area contributed by atoms with Crippen LogP contribution in [0.15, 0.2) is 85.5 Å². The van der Waals surface area contributed by atoms with Gasteiger partial charge in [0.15, 0.2) is 9.84 Å². The molecule has 2 atom stereocenters. The SMILES string of the molecule is CC[C@@](NC(=O)c1ccc(NC(Cn2ccnc2)c2ccc(F)cc2)cc1-c1ccc(F)cc1)(C(=O)O)S(C)(=O)=O. The number of nitrogens with zero attached hydrogens (tertiary/aromatic N) is 2. The van der Waals surface area contributed by atoms with E-state index in [1.165, 1.54) is 49.4 Å². The Morgan fingerprint density at radius 1 is 1.02 bits per heavy atom. The summed E-state index contributed by atoms with van der Waals surface area (Å²) in [7, 11) is -4.27. The molecule has 41 heavy (non-hydrogen) atoms. The number of carbonyl (C=O) groups is 2. The zero-order valence-electron chi connectivity index (χ0n) is 22.2. The molecule has 0 aliphatic heterocycles. The smallest absolute Gasteiger partial charge is 0.345 e. The number of nitrogens with one attached hydrogen (secondary N) is 2. The number of aromatic nitrogens is 2. The minimum atomic E-state index is -4.27. The second-order valence-corrected chi connectivity index (χ2v) is 11.7. The predicted octanol–water partition coefficient (Wildman–Crippen LogP) is 4.65. The van der Waals surface area contributed by atoms with Gasteiger partial charge in [-0.25, -0.2) is 27.0 Å². The number of carboxylic acid groups (broad SMARTS) is 1. The molecule has 1 heterocycles. The Morgan fingerprint density at radius 2 is 1.66 bits per heavy atom. The molecule has 0 radical (unpaired) electrons. The topological polar surface area (TPSA) is 130 Å². The lowest BCUT2D eigenvalue weighted by atomic mass is 9.97. The second kappa shape index (κ2) is 11.9. The van der Waals surface area contributed by atoms with Crippen LogP contribution in [0, 0.1) is 11.6 Å². The lowest BCUT2D eigenvalue weighted by molar-refractivity contribution is -0.141. The molecule has 0 saturated heterocycles. The van der Waals surface area contributed by atoms with Gasteiger partial charge in [0, 0.05) is 36.4 Å². The maximum Gasteiger partial charge on any atom is 0.345 e. The van der Waals surface area contributed by atoms with Gasteiger partial charge in [0.2, 0.25) is 4.87 Å². The summed E-state index contributed by atoms with van der Waals surface area (Å²) < 4.78 is 54.2. The fraction of sp³-hybridized carbons (Fsp3) is 0.207. The van der Waals surface area contributed by atoms with Gasteiger partial charge in [-0.2, -0.15) is 0 Å². The molecule has 4 aromatic rings. The molecule has 0 spiro atoms. The molecular weight excluding hydrogens is 554 g/mol. The minimum absolute atomic E-state index is 0.0159. The predicted molar refractivity (Wildman–Crippen MR) is 150 cm³/mol. The van der Waals surface area contributed by atoms with Crippen molar-refractivity contribution in [3.8, 4) is 11.1 Å². The Kier molecular flexibility index (Phi) is 8.52. The number of benzene rings is 3. The summed E-state index contributed by atoms with van der Waals surface area (Å²) in [4.78, 5) is 27.0. The first-order valence-electron chi connectivity index (χ1n) is 12.6. The normalized spacial score (nSPS) is 13.7. The number of hydrogen-bond acceptors (Lipinski definition) is 6. The molecule has 0 saturated carbocycles. The third-order valence-corrected chi connectivity index (χ3v) is 8.61. The van der Waals surface area contributed by atoms with Crippen molar-refractivity contribution in [3.63, 3.8) is 0 Å². The lowest BCUT2D eigenvalue weighted by Gasteiger charge is -2.28. The Morgan fingerprint density at radius 3 is 2.20 bits per heavy atom. The highest BCUT2D eigenvalue weighted by Crippen LogP contribution is 2.31. The molecule has 4 rings (SSSR count). The lowest BCUT2D eigenvalue weighted by Crippen LogP contribution is -2.59. The molecular formula is C29H28F2N4O5S. The van der Waals surface area contributed by atoms with Crippen LogP contribution >= 0.6 is 0 Å². The van der Waals surface area contributed by atoms with Crippen molar-refractivity contribution in [1.82, 2.24) is 14.9 Å². The molecule has 1 amide bonds. The molecule has 0 aliphatic rings. The molecule has 3 N–H and O–H groups in total. The number of hydrogen-bond donors (Lipinski definition) is 3. The van der Waals surface area contributed by atoms with Gasteiger partial charge in [0.05, 0.1) is 12.4 Å². The van der Waals surface area contributed by atoms with Gasteiger partial charge < -0.3 is 20.3 Å². The second-order valence-electron chi connectivity index (χ2n) is 9.49. The minimum Gasteiger partial charge on any atom is -0.479 e. The Hall–Kier alpha value is -4.58. The van der Waals surface area contributed by atoms with Gasteiger partial charge in [-0.15, -0.1) is 0 Å². The Balaban J connectivity index is 1.77. The largest absolute Gasteiger partial charge is 0.479 e. The Bertz CT molecular complexity index is 1640. The number of sulfone groups is 1. The molecule has 0 aliphatic carbocycles. The summed E-state index contributed by atoms with van der Waals surface area (Å²) in [5.41, 5.74) is 2.03. The van der Waals surface area contributed by atoms with Crippen LogP contribution < -0.4 is 10.6 Å². The third-order valence-electron chi connectivity index (χ3n) is 6.78. The van der Waals surface area contributed by atoms with E-state index in [0.717, 1.165) is 11.8 Å². The van der Waals surface area contributed by atoms with Crippen LogP contribution in [0.25, 0.3) is 11.1 Å². The van der Waals surface area contributed by atoms with Gasteiger partial charge >= 0.3 is 5.97 Å². The van der Waals surface area contributed by atoms with Crippen LogP contribution in [0.5, 0.6) is 0 Å². The van der Waals surface area contributed by atoms with Crippen molar-refractivity contribution >= 4 is 27.4 Å². The fourth-order valence-corrected chi connectivity index (χ4v) is 5.61. The molecule has 0 fully saturated rings. The third kappa shape index (κ3) is 6.43. The zero-order chi connectivity index (χ0) is 29.8. The van der Waals surface area contributed by atoms with E-state index in [2.05, 4.69) is 15.6 Å². The number of carbonyl (C=O) groups excluding carboxylic acids is 1. The van der Waals surface area contributed by atoms with Crippen LogP contribution in [0.2, 0.25) is 0 Å². The number of aliphatic carboxylic acids is 1. The van der Waals surface area contributed by atoms with E-state index in [0.29, 0.717) is 23.4 Å². The average Bonchev–Trinajstić information content (AvgIpc) is 3.44. The highest BCUT2D eigenvalue weighted by molar-refractivity contribution is 7.92. The van der Waals surface area contributed by atoms with Crippen LogP contribution in [0.3, 0.4) is 0 Å². The number of carboxylic acids is 1. The Labute approximate surface area is 235 Å². The van der Waals surface area contributed by atoms with Crippen molar-refractivity contribution in [2.24, 2.45) is 0 Å². The molecule has 214 valence electrons. The van der Waals surface area contributed by atoms with Crippen LogP contribution in [-0.2, 0) is 21.2 Å². The van der Waals surface area contributed by atoms with E-state index in [4.69, 9.17) is 0 Å².